The third-order valence-electron chi connectivity index (χ3n) is 3.15. The van der Waals surface area contributed by atoms with Crippen molar-refractivity contribution < 1.29 is 27.1 Å². The first-order chi connectivity index (χ1) is 9.14. The third kappa shape index (κ3) is 2.52. The van der Waals surface area contributed by atoms with Gasteiger partial charge in [0.05, 0.1) is 12.9 Å². The van der Waals surface area contributed by atoms with E-state index >= 15 is 0 Å². The number of aliphatic carboxylic acids is 1. The summed E-state index contributed by atoms with van der Waals surface area (Å²) in [7, 11) is -2.58. The zero-order valence-electron chi connectivity index (χ0n) is 10.5. The first-order valence-electron chi connectivity index (χ1n) is 5.73. The van der Waals surface area contributed by atoms with Gasteiger partial charge in [0.15, 0.2) is 5.03 Å². The summed E-state index contributed by atoms with van der Waals surface area (Å²) >= 11 is 0. The molecule has 1 aliphatic rings. The molecule has 1 fully saturated rings. The van der Waals surface area contributed by atoms with Crippen LogP contribution < -0.4 is 0 Å². The van der Waals surface area contributed by atoms with Crippen LogP contribution in [0.4, 0.5) is 8.78 Å². The van der Waals surface area contributed by atoms with Crippen LogP contribution >= 0.6 is 0 Å². The van der Waals surface area contributed by atoms with Crippen LogP contribution in [0, 0.1) is 5.92 Å². The number of rotatable bonds is 3. The Morgan fingerprint density at radius 3 is 2.65 bits per heavy atom. The number of aryl methyl sites for hydroxylation is 1. The van der Waals surface area contributed by atoms with E-state index in [0.717, 1.165) is 0 Å². The van der Waals surface area contributed by atoms with Crippen molar-refractivity contribution in [3.05, 3.63) is 12.5 Å². The maximum absolute atomic E-state index is 13.7. The quantitative estimate of drug-likeness (QED) is 0.858. The second kappa shape index (κ2) is 4.77. The van der Waals surface area contributed by atoms with Crippen LogP contribution in [-0.4, -0.2) is 52.4 Å². The van der Waals surface area contributed by atoms with E-state index in [9.17, 15) is 22.0 Å². The Balaban J connectivity index is 2.26. The molecular weight excluding hydrogens is 296 g/mol. The first kappa shape index (κ1) is 14.9. The summed E-state index contributed by atoms with van der Waals surface area (Å²) in [5.74, 6) is -7.09. The maximum Gasteiger partial charge on any atom is 0.312 e. The van der Waals surface area contributed by atoms with Crippen molar-refractivity contribution in [1.29, 1.82) is 0 Å². The topological polar surface area (TPSA) is 92.5 Å². The van der Waals surface area contributed by atoms with Gasteiger partial charge in [0.2, 0.25) is 0 Å². The Kier molecular flexibility index (Phi) is 3.54. The fourth-order valence-electron chi connectivity index (χ4n) is 2.07. The number of sulfonamides is 1. The fraction of sp³-hybridized carbons (Fsp3) is 0.600. The second-order valence-electron chi connectivity index (χ2n) is 4.66. The minimum atomic E-state index is -4.13. The highest BCUT2D eigenvalue weighted by Crippen LogP contribution is 2.35. The molecule has 0 amide bonds. The summed E-state index contributed by atoms with van der Waals surface area (Å²) in [6, 6.07) is 0. The van der Waals surface area contributed by atoms with E-state index in [-0.39, 0.29) is 11.6 Å². The van der Waals surface area contributed by atoms with E-state index in [4.69, 9.17) is 5.11 Å². The number of hydrogen-bond donors (Lipinski definition) is 1. The molecule has 10 heteroatoms. The van der Waals surface area contributed by atoms with Gasteiger partial charge in [-0.2, -0.15) is 4.31 Å². The Labute approximate surface area is 113 Å². The third-order valence-corrected chi connectivity index (χ3v) is 4.88. The molecule has 1 aromatic heterocycles. The van der Waals surface area contributed by atoms with Crippen molar-refractivity contribution in [3.8, 4) is 0 Å². The summed E-state index contributed by atoms with van der Waals surface area (Å²) in [6.45, 7) is -1.42. The largest absolute Gasteiger partial charge is 0.481 e. The molecule has 1 N–H and O–H groups in total. The Bertz CT molecular complexity index is 628. The number of carbonyl (C=O) groups is 1. The number of nitrogens with zero attached hydrogens (tertiary/aromatic N) is 3. The number of aromatic nitrogens is 2. The highest BCUT2D eigenvalue weighted by atomic mass is 32.2. The molecule has 0 bridgehead atoms. The van der Waals surface area contributed by atoms with Gasteiger partial charge in [-0.3, -0.25) is 4.79 Å². The maximum atomic E-state index is 13.7. The van der Waals surface area contributed by atoms with Crippen LogP contribution in [0.3, 0.4) is 0 Å². The lowest BCUT2D eigenvalue weighted by Crippen LogP contribution is -2.52. The van der Waals surface area contributed by atoms with Gasteiger partial charge in [0.1, 0.15) is 5.92 Å². The number of piperidine rings is 1. The van der Waals surface area contributed by atoms with Crippen LogP contribution in [0.2, 0.25) is 0 Å². The number of carboxylic acid groups (broad SMARTS) is 1. The van der Waals surface area contributed by atoms with E-state index in [1.165, 1.54) is 17.1 Å². The van der Waals surface area contributed by atoms with Crippen LogP contribution in [0.15, 0.2) is 17.6 Å². The standard InChI is InChI=1S/C10H13F2N3O4S/c1-14-4-8(13-6-14)20(18,19)15-3-2-7(9(16)17)10(11,12)5-15/h4,6-7H,2-3,5H2,1H3,(H,16,17). The van der Waals surface area contributed by atoms with Gasteiger partial charge in [-0.05, 0) is 6.42 Å². The number of hydrogen-bond acceptors (Lipinski definition) is 4. The molecule has 7 nitrogen and oxygen atoms in total. The lowest BCUT2D eigenvalue weighted by atomic mass is 9.94. The highest BCUT2D eigenvalue weighted by molar-refractivity contribution is 7.89. The fourth-order valence-corrected chi connectivity index (χ4v) is 3.50. The number of alkyl halides is 2. The molecule has 0 radical (unpaired) electrons. The molecule has 0 aromatic carbocycles. The average molecular weight is 309 g/mol. The molecule has 1 aliphatic heterocycles. The molecule has 0 saturated carbocycles. The molecule has 1 atom stereocenters. The zero-order chi connectivity index (χ0) is 15.1. The number of carboxylic acids is 1. The molecule has 2 rings (SSSR count). The van der Waals surface area contributed by atoms with Crippen LogP contribution in [0.1, 0.15) is 6.42 Å². The van der Waals surface area contributed by atoms with Gasteiger partial charge < -0.3 is 9.67 Å². The Hall–Kier alpha value is -1.55. The van der Waals surface area contributed by atoms with Gasteiger partial charge in [-0.1, -0.05) is 0 Å². The predicted molar refractivity (Wildman–Crippen MR) is 62.7 cm³/mol. The minimum Gasteiger partial charge on any atom is -0.481 e. The van der Waals surface area contributed by atoms with Gasteiger partial charge in [-0.25, -0.2) is 22.2 Å². The molecule has 112 valence electrons. The molecule has 1 saturated heterocycles. The summed E-state index contributed by atoms with van der Waals surface area (Å²) in [6.07, 6.45) is 2.01. The molecular formula is C10H13F2N3O4S. The van der Waals surface area contributed by atoms with E-state index < -0.39 is 40.8 Å². The van der Waals surface area contributed by atoms with E-state index in [0.29, 0.717) is 4.31 Å². The average Bonchev–Trinajstić information content (AvgIpc) is 2.74. The SMILES string of the molecule is Cn1cnc(S(=O)(=O)N2CCC(C(=O)O)C(F)(F)C2)c1. The smallest absolute Gasteiger partial charge is 0.312 e. The summed E-state index contributed by atoms with van der Waals surface area (Å²) in [4.78, 5) is 14.4. The summed E-state index contributed by atoms with van der Waals surface area (Å²) in [5.41, 5.74) is 0. The van der Waals surface area contributed by atoms with Gasteiger partial charge >= 0.3 is 5.97 Å². The number of imidazole rings is 1. The molecule has 0 aliphatic carbocycles. The number of halogens is 2. The van der Waals surface area contributed by atoms with Gasteiger partial charge in [0, 0.05) is 19.8 Å². The normalized spacial score (nSPS) is 23.6. The zero-order valence-corrected chi connectivity index (χ0v) is 11.3. The molecule has 1 unspecified atom stereocenters. The lowest BCUT2D eigenvalue weighted by Gasteiger charge is -2.35. The second-order valence-corrected chi connectivity index (χ2v) is 6.54. The monoisotopic (exact) mass is 309 g/mol. The highest BCUT2D eigenvalue weighted by Gasteiger charge is 2.51. The van der Waals surface area contributed by atoms with Crippen molar-refractivity contribution in [1.82, 2.24) is 13.9 Å². The Morgan fingerprint density at radius 2 is 2.20 bits per heavy atom. The van der Waals surface area contributed by atoms with E-state index in [1.807, 2.05) is 0 Å². The van der Waals surface area contributed by atoms with Crippen LogP contribution in [-0.2, 0) is 21.9 Å². The van der Waals surface area contributed by atoms with Crippen molar-refractivity contribution in [2.24, 2.45) is 13.0 Å². The first-order valence-corrected chi connectivity index (χ1v) is 7.17. The Morgan fingerprint density at radius 1 is 1.55 bits per heavy atom. The summed E-state index contributed by atoms with van der Waals surface area (Å²) < 4.78 is 53.6. The summed E-state index contributed by atoms with van der Waals surface area (Å²) in [5, 5.41) is 8.39. The molecule has 1 aromatic rings. The van der Waals surface area contributed by atoms with E-state index in [2.05, 4.69) is 4.98 Å². The molecule has 20 heavy (non-hydrogen) atoms. The molecule has 2 heterocycles. The van der Waals surface area contributed by atoms with Crippen LogP contribution in [0.5, 0.6) is 0 Å². The lowest BCUT2D eigenvalue weighted by molar-refractivity contribution is -0.163. The van der Waals surface area contributed by atoms with Gasteiger partial charge in [-0.15, -0.1) is 0 Å². The van der Waals surface area contributed by atoms with Crippen molar-refractivity contribution >= 4 is 16.0 Å². The van der Waals surface area contributed by atoms with E-state index in [1.54, 1.807) is 7.05 Å². The minimum absolute atomic E-state index is 0.272. The van der Waals surface area contributed by atoms with Crippen molar-refractivity contribution in [2.45, 2.75) is 17.4 Å². The van der Waals surface area contributed by atoms with Gasteiger partial charge in [0.25, 0.3) is 15.9 Å². The van der Waals surface area contributed by atoms with Crippen molar-refractivity contribution in [2.75, 3.05) is 13.1 Å². The molecule has 0 spiro atoms. The van der Waals surface area contributed by atoms with Crippen LogP contribution in [0.25, 0.3) is 0 Å². The van der Waals surface area contributed by atoms with Crippen molar-refractivity contribution in [3.63, 3.8) is 0 Å². The predicted octanol–water partition coefficient (Wildman–Crippen LogP) is 0.151.